The maximum atomic E-state index is 8.74. The van der Waals surface area contributed by atoms with Gasteiger partial charge in [0.1, 0.15) is 0 Å². The summed E-state index contributed by atoms with van der Waals surface area (Å²) in [6.07, 6.45) is 5.62. The summed E-state index contributed by atoms with van der Waals surface area (Å²) in [5.41, 5.74) is 2.00. The molecule has 92 valence electrons. The van der Waals surface area contributed by atoms with Crippen LogP contribution in [0.15, 0.2) is 18.6 Å². The molecular formula is C10H16N6O. The molecule has 0 fully saturated rings. The number of hydrogen-bond acceptors (Lipinski definition) is 5. The number of hydrogen-bond donors (Lipinski definition) is 2. The summed E-state index contributed by atoms with van der Waals surface area (Å²) in [5.74, 6) is 0. The van der Waals surface area contributed by atoms with Crippen LogP contribution in [0.4, 0.5) is 0 Å². The molecule has 7 nitrogen and oxygen atoms in total. The minimum absolute atomic E-state index is 0.0753. The molecule has 2 rings (SSSR count). The molecule has 0 bridgehead atoms. The van der Waals surface area contributed by atoms with Gasteiger partial charge in [0.25, 0.3) is 0 Å². The molecule has 2 aromatic rings. The minimum atomic E-state index is 0.0753. The lowest BCUT2D eigenvalue weighted by molar-refractivity contribution is 0.268. The third-order valence-corrected chi connectivity index (χ3v) is 2.31. The number of rotatable bonds is 6. The van der Waals surface area contributed by atoms with E-state index >= 15 is 0 Å². The van der Waals surface area contributed by atoms with Crippen molar-refractivity contribution in [1.82, 2.24) is 30.1 Å². The number of aliphatic hydroxyl groups is 1. The molecule has 0 aliphatic rings. The zero-order chi connectivity index (χ0) is 12.1. The van der Waals surface area contributed by atoms with Crippen molar-refractivity contribution in [3.63, 3.8) is 0 Å². The Morgan fingerprint density at radius 2 is 2.24 bits per heavy atom. The summed E-state index contributed by atoms with van der Waals surface area (Å²) in [7, 11) is 1.89. The van der Waals surface area contributed by atoms with Gasteiger partial charge in [0.15, 0.2) is 0 Å². The topological polar surface area (TPSA) is 80.8 Å². The third-order valence-electron chi connectivity index (χ3n) is 2.31. The number of aliphatic hydroxyl groups excluding tert-OH is 1. The van der Waals surface area contributed by atoms with Gasteiger partial charge in [-0.05, 0) is 0 Å². The molecule has 0 amide bonds. The molecule has 0 spiro atoms. The summed E-state index contributed by atoms with van der Waals surface area (Å²) in [4.78, 5) is 0. The van der Waals surface area contributed by atoms with E-state index in [1.54, 1.807) is 9.36 Å². The van der Waals surface area contributed by atoms with Gasteiger partial charge >= 0.3 is 0 Å². The highest BCUT2D eigenvalue weighted by Gasteiger charge is 2.00. The SMILES string of the molecule is Cn1cc(CNCc2cn(CCO)nn2)cn1. The fourth-order valence-corrected chi connectivity index (χ4v) is 1.53. The zero-order valence-corrected chi connectivity index (χ0v) is 9.74. The van der Waals surface area contributed by atoms with Gasteiger partial charge in [-0.25, -0.2) is 4.68 Å². The van der Waals surface area contributed by atoms with Crippen LogP contribution in [0.1, 0.15) is 11.3 Å². The van der Waals surface area contributed by atoms with Gasteiger partial charge in [0.05, 0.1) is 25.0 Å². The number of aromatic nitrogens is 5. The molecule has 0 atom stereocenters. The van der Waals surface area contributed by atoms with Crippen LogP contribution in [-0.2, 0) is 26.7 Å². The predicted molar refractivity (Wildman–Crippen MR) is 60.9 cm³/mol. The van der Waals surface area contributed by atoms with Crippen LogP contribution in [0.5, 0.6) is 0 Å². The van der Waals surface area contributed by atoms with Crippen LogP contribution >= 0.6 is 0 Å². The van der Waals surface area contributed by atoms with E-state index in [0.29, 0.717) is 13.1 Å². The summed E-state index contributed by atoms with van der Waals surface area (Å²) in [6.45, 7) is 1.96. The van der Waals surface area contributed by atoms with E-state index < -0.39 is 0 Å². The maximum absolute atomic E-state index is 8.74. The number of aryl methyl sites for hydroxylation is 1. The van der Waals surface area contributed by atoms with Gasteiger partial charge < -0.3 is 10.4 Å². The van der Waals surface area contributed by atoms with E-state index in [1.165, 1.54) is 0 Å². The molecule has 17 heavy (non-hydrogen) atoms. The van der Waals surface area contributed by atoms with E-state index in [9.17, 15) is 0 Å². The highest BCUT2D eigenvalue weighted by molar-refractivity contribution is 5.03. The van der Waals surface area contributed by atoms with Crippen molar-refractivity contribution in [2.75, 3.05) is 6.61 Å². The van der Waals surface area contributed by atoms with Crippen LogP contribution in [-0.4, -0.2) is 36.5 Å². The molecule has 2 N–H and O–H groups in total. The van der Waals surface area contributed by atoms with Gasteiger partial charge in [-0.15, -0.1) is 5.10 Å². The monoisotopic (exact) mass is 236 g/mol. The Morgan fingerprint density at radius 1 is 1.35 bits per heavy atom. The molecular weight excluding hydrogens is 220 g/mol. The molecule has 0 unspecified atom stereocenters. The summed E-state index contributed by atoms with van der Waals surface area (Å²) >= 11 is 0. The minimum Gasteiger partial charge on any atom is -0.394 e. The number of nitrogens with one attached hydrogen (secondary N) is 1. The number of nitrogens with zero attached hydrogens (tertiary/aromatic N) is 5. The first-order valence-corrected chi connectivity index (χ1v) is 5.46. The lowest BCUT2D eigenvalue weighted by atomic mass is 10.3. The normalized spacial score (nSPS) is 10.9. The second-order valence-corrected chi connectivity index (χ2v) is 3.82. The second kappa shape index (κ2) is 5.55. The van der Waals surface area contributed by atoms with Crippen LogP contribution in [0.25, 0.3) is 0 Å². The van der Waals surface area contributed by atoms with Crippen molar-refractivity contribution in [3.05, 3.63) is 29.8 Å². The molecule has 0 aliphatic heterocycles. The van der Waals surface area contributed by atoms with E-state index in [1.807, 2.05) is 25.6 Å². The Bertz CT molecular complexity index is 463. The van der Waals surface area contributed by atoms with Gasteiger partial charge in [-0.1, -0.05) is 5.21 Å². The standard InChI is InChI=1S/C10H16N6O/c1-15-7-9(5-12-15)4-11-6-10-8-16(2-3-17)14-13-10/h5,7-8,11,17H,2-4,6H2,1H3. The average molecular weight is 236 g/mol. The first-order valence-electron chi connectivity index (χ1n) is 5.46. The van der Waals surface area contributed by atoms with Crippen LogP contribution in [0.2, 0.25) is 0 Å². The van der Waals surface area contributed by atoms with E-state index in [-0.39, 0.29) is 6.61 Å². The lowest BCUT2D eigenvalue weighted by Gasteiger charge is -1.98. The Morgan fingerprint density at radius 3 is 2.94 bits per heavy atom. The molecule has 0 radical (unpaired) electrons. The van der Waals surface area contributed by atoms with Crippen molar-refractivity contribution in [2.45, 2.75) is 19.6 Å². The molecule has 2 heterocycles. The van der Waals surface area contributed by atoms with Gasteiger partial charge in [0.2, 0.25) is 0 Å². The second-order valence-electron chi connectivity index (χ2n) is 3.82. The van der Waals surface area contributed by atoms with Crippen molar-refractivity contribution in [3.8, 4) is 0 Å². The summed E-state index contributed by atoms with van der Waals surface area (Å²) in [6, 6.07) is 0. The fourth-order valence-electron chi connectivity index (χ4n) is 1.53. The summed E-state index contributed by atoms with van der Waals surface area (Å²) < 4.78 is 3.40. The molecule has 7 heteroatoms. The molecule has 0 aliphatic carbocycles. The van der Waals surface area contributed by atoms with Crippen LogP contribution in [0, 0.1) is 0 Å². The first-order chi connectivity index (χ1) is 8.28. The lowest BCUT2D eigenvalue weighted by Crippen LogP contribution is -2.12. The van der Waals surface area contributed by atoms with Gasteiger partial charge in [0, 0.05) is 38.1 Å². The van der Waals surface area contributed by atoms with Crippen LogP contribution < -0.4 is 5.32 Å². The molecule has 0 aromatic carbocycles. The zero-order valence-electron chi connectivity index (χ0n) is 9.74. The predicted octanol–water partition coefficient (Wildman–Crippen LogP) is -0.706. The third kappa shape index (κ3) is 3.36. The largest absolute Gasteiger partial charge is 0.394 e. The van der Waals surface area contributed by atoms with Crippen molar-refractivity contribution in [1.29, 1.82) is 0 Å². The Hall–Kier alpha value is -1.73. The highest BCUT2D eigenvalue weighted by Crippen LogP contribution is 1.97. The Balaban J connectivity index is 1.77. The molecule has 0 saturated carbocycles. The smallest absolute Gasteiger partial charge is 0.0964 e. The van der Waals surface area contributed by atoms with Gasteiger partial charge in [-0.3, -0.25) is 4.68 Å². The Kier molecular flexibility index (Phi) is 3.84. The van der Waals surface area contributed by atoms with E-state index in [4.69, 9.17) is 5.11 Å². The van der Waals surface area contributed by atoms with E-state index in [2.05, 4.69) is 20.7 Å². The van der Waals surface area contributed by atoms with E-state index in [0.717, 1.165) is 17.8 Å². The average Bonchev–Trinajstić information content (AvgIpc) is 2.89. The summed E-state index contributed by atoms with van der Waals surface area (Å²) in [5, 5.41) is 24.0. The molecule has 2 aromatic heterocycles. The van der Waals surface area contributed by atoms with Crippen molar-refractivity contribution < 1.29 is 5.11 Å². The van der Waals surface area contributed by atoms with Gasteiger partial charge in [-0.2, -0.15) is 5.10 Å². The first kappa shape index (κ1) is 11.7. The van der Waals surface area contributed by atoms with Crippen molar-refractivity contribution in [2.24, 2.45) is 7.05 Å². The Labute approximate surface area is 99.1 Å². The quantitative estimate of drug-likeness (QED) is 0.693. The fraction of sp³-hybridized carbons (Fsp3) is 0.500. The highest BCUT2D eigenvalue weighted by atomic mass is 16.3. The molecule has 0 saturated heterocycles. The van der Waals surface area contributed by atoms with Crippen molar-refractivity contribution >= 4 is 0 Å². The maximum Gasteiger partial charge on any atom is 0.0964 e. The van der Waals surface area contributed by atoms with Crippen LogP contribution in [0.3, 0.4) is 0 Å².